The molecule has 2 aromatic rings. The van der Waals surface area contributed by atoms with Gasteiger partial charge in [-0.25, -0.2) is 9.59 Å². The molecule has 1 fully saturated rings. The number of piperidine rings is 1. The van der Waals surface area contributed by atoms with Gasteiger partial charge in [0.15, 0.2) is 0 Å². The SMILES string of the molecule is COC(=O)C1=C(C(=O)OC)N(c2ccccc2N2CCC(O)CC2)C(N)=C(C#N)C1c1ccccc1. The van der Waals surface area contributed by atoms with Crippen LogP contribution >= 0.6 is 0 Å². The van der Waals surface area contributed by atoms with Crippen molar-refractivity contribution in [3.05, 3.63) is 82.8 Å². The highest BCUT2D eigenvalue weighted by Gasteiger charge is 2.43. The number of allylic oxidation sites excluding steroid dienone is 1. The van der Waals surface area contributed by atoms with Gasteiger partial charge in [0.05, 0.1) is 54.8 Å². The maximum atomic E-state index is 13.3. The lowest BCUT2D eigenvalue weighted by molar-refractivity contribution is -0.139. The quantitative estimate of drug-likeness (QED) is 0.610. The summed E-state index contributed by atoms with van der Waals surface area (Å²) in [5.74, 6) is -2.47. The molecule has 1 atom stereocenters. The molecule has 0 amide bonds. The molecule has 2 aromatic carbocycles. The third-order valence-corrected chi connectivity index (χ3v) is 6.54. The maximum absolute atomic E-state index is 13.3. The third kappa shape index (κ3) is 4.39. The van der Waals surface area contributed by atoms with Crippen LogP contribution < -0.4 is 15.5 Å². The third-order valence-electron chi connectivity index (χ3n) is 6.54. The number of para-hydroxylation sites is 2. The Morgan fingerprint density at radius 3 is 2.14 bits per heavy atom. The second-order valence-corrected chi connectivity index (χ2v) is 8.54. The summed E-state index contributed by atoms with van der Waals surface area (Å²) >= 11 is 0. The Bertz CT molecular complexity index is 1260. The highest BCUT2D eigenvalue weighted by Crippen LogP contribution is 2.45. The lowest BCUT2D eigenvalue weighted by atomic mass is 9.81. The van der Waals surface area contributed by atoms with Crippen molar-refractivity contribution in [2.75, 3.05) is 37.1 Å². The van der Waals surface area contributed by atoms with Crippen LogP contribution in [0.4, 0.5) is 11.4 Å². The van der Waals surface area contributed by atoms with Crippen molar-refractivity contribution in [1.29, 1.82) is 5.26 Å². The zero-order chi connectivity index (χ0) is 25.8. The molecule has 1 unspecified atom stereocenters. The topological polar surface area (TPSA) is 129 Å². The molecule has 0 spiro atoms. The predicted octanol–water partition coefficient (Wildman–Crippen LogP) is 2.55. The van der Waals surface area contributed by atoms with Crippen LogP contribution in [0.3, 0.4) is 0 Å². The summed E-state index contributed by atoms with van der Waals surface area (Å²) in [4.78, 5) is 30.0. The molecule has 1 saturated heterocycles. The van der Waals surface area contributed by atoms with Crippen LogP contribution in [0.2, 0.25) is 0 Å². The summed E-state index contributed by atoms with van der Waals surface area (Å²) in [5.41, 5.74) is 8.45. The number of benzene rings is 2. The van der Waals surface area contributed by atoms with Crippen LogP contribution in [0.25, 0.3) is 0 Å². The van der Waals surface area contributed by atoms with E-state index in [2.05, 4.69) is 11.0 Å². The average Bonchev–Trinajstić information content (AvgIpc) is 2.92. The average molecular weight is 489 g/mol. The second-order valence-electron chi connectivity index (χ2n) is 8.54. The van der Waals surface area contributed by atoms with E-state index >= 15 is 0 Å². The van der Waals surface area contributed by atoms with Gasteiger partial charge < -0.3 is 25.2 Å². The molecule has 2 heterocycles. The molecule has 9 nitrogen and oxygen atoms in total. The first kappa shape index (κ1) is 24.8. The standard InChI is InChI=1S/C27H28N4O5/c1-35-26(33)23-22(17-8-4-3-5-9-17)19(16-28)25(29)31(24(23)27(34)36-2)21-11-7-6-10-20(21)30-14-12-18(32)13-15-30/h3-11,18,22,32H,12-15,29H2,1-2H3. The van der Waals surface area contributed by atoms with E-state index < -0.39 is 17.9 Å². The molecule has 9 heteroatoms. The lowest BCUT2D eigenvalue weighted by Crippen LogP contribution is -2.42. The number of aliphatic hydroxyl groups is 1. The van der Waals surface area contributed by atoms with Gasteiger partial charge in [0.1, 0.15) is 11.5 Å². The lowest BCUT2D eigenvalue weighted by Gasteiger charge is -2.39. The Morgan fingerprint density at radius 1 is 0.972 bits per heavy atom. The number of carbonyl (C=O) groups is 2. The van der Waals surface area contributed by atoms with Crippen LogP contribution in [-0.4, -0.2) is 50.5 Å². The number of anilines is 2. The van der Waals surface area contributed by atoms with Gasteiger partial charge in [-0.1, -0.05) is 42.5 Å². The van der Waals surface area contributed by atoms with E-state index in [9.17, 15) is 20.0 Å². The number of hydrogen-bond donors (Lipinski definition) is 2. The fourth-order valence-electron chi connectivity index (χ4n) is 4.79. The van der Waals surface area contributed by atoms with E-state index in [-0.39, 0.29) is 28.8 Å². The second kappa shape index (κ2) is 10.5. The molecule has 0 bridgehead atoms. The number of hydrogen-bond acceptors (Lipinski definition) is 9. The van der Waals surface area contributed by atoms with Gasteiger partial charge in [-0.05, 0) is 30.5 Å². The van der Waals surface area contributed by atoms with Crippen LogP contribution in [0.1, 0.15) is 24.3 Å². The number of methoxy groups -OCH3 is 2. The molecular formula is C27H28N4O5. The summed E-state index contributed by atoms with van der Waals surface area (Å²) in [7, 11) is 2.44. The normalized spacial score (nSPS) is 18.7. The first-order valence-electron chi connectivity index (χ1n) is 11.6. The number of nitriles is 1. The van der Waals surface area contributed by atoms with E-state index in [0.29, 0.717) is 37.2 Å². The fourth-order valence-corrected chi connectivity index (χ4v) is 4.79. The molecule has 0 radical (unpaired) electrons. The molecule has 36 heavy (non-hydrogen) atoms. The summed E-state index contributed by atoms with van der Waals surface area (Å²) in [6, 6.07) is 18.3. The monoisotopic (exact) mass is 488 g/mol. The predicted molar refractivity (Wildman–Crippen MR) is 133 cm³/mol. The number of aliphatic hydroxyl groups excluding tert-OH is 1. The number of rotatable bonds is 5. The minimum absolute atomic E-state index is 0.0175. The highest BCUT2D eigenvalue weighted by atomic mass is 16.5. The zero-order valence-corrected chi connectivity index (χ0v) is 20.2. The van der Waals surface area contributed by atoms with E-state index in [0.717, 1.165) is 5.69 Å². The molecule has 3 N–H and O–H groups in total. The number of nitrogens with two attached hydrogens (primary N) is 1. The van der Waals surface area contributed by atoms with Crippen molar-refractivity contribution in [3.8, 4) is 6.07 Å². The van der Waals surface area contributed by atoms with E-state index in [1.54, 1.807) is 36.4 Å². The van der Waals surface area contributed by atoms with Gasteiger partial charge in [-0.3, -0.25) is 4.90 Å². The minimum atomic E-state index is -0.925. The molecule has 186 valence electrons. The van der Waals surface area contributed by atoms with Gasteiger partial charge in [0, 0.05) is 13.1 Å². The first-order valence-corrected chi connectivity index (χ1v) is 11.6. The molecule has 2 aliphatic rings. The molecule has 0 aliphatic carbocycles. The van der Waals surface area contributed by atoms with Crippen molar-refractivity contribution in [2.45, 2.75) is 24.9 Å². The van der Waals surface area contributed by atoms with Crippen molar-refractivity contribution in [1.82, 2.24) is 0 Å². The number of carbonyl (C=O) groups excluding carboxylic acids is 2. The van der Waals surface area contributed by atoms with Crippen LogP contribution in [0.5, 0.6) is 0 Å². The summed E-state index contributed by atoms with van der Waals surface area (Å²) < 4.78 is 10.2. The molecule has 0 aromatic heterocycles. The largest absolute Gasteiger partial charge is 0.466 e. The molecule has 4 rings (SSSR count). The molecule has 2 aliphatic heterocycles. The highest BCUT2D eigenvalue weighted by molar-refractivity contribution is 6.07. The van der Waals surface area contributed by atoms with Crippen LogP contribution in [-0.2, 0) is 19.1 Å². The van der Waals surface area contributed by atoms with E-state index in [1.165, 1.54) is 19.1 Å². The molecular weight excluding hydrogens is 460 g/mol. The fraction of sp³-hybridized carbons (Fsp3) is 0.296. The van der Waals surface area contributed by atoms with Crippen molar-refractivity contribution in [2.24, 2.45) is 5.73 Å². The van der Waals surface area contributed by atoms with Crippen LogP contribution in [0.15, 0.2) is 77.3 Å². The van der Waals surface area contributed by atoms with E-state index in [1.807, 2.05) is 18.2 Å². The Labute approximate surface area is 209 Å². The Balaban J connectivity index is 2.00. The van der Waals surface area contributed by atoms with Gasteiger partial charge >= 0.3 is 11.9 Å². The van der Waals surface area contributed by atoms with Gasteiger partial charge in [0.2, 0.25) is 0 Å². The minimum Gasteiger partial charge on any atom is -0.466 e. The Hall–Kier alpha value is -4.29. The van der Waals surface area contributed by atoms with Gasteiger partial charge in [-0.2, -0.15) is 5.26 Å². The summed E-state index contributed by atoms with van der Waals surface area (Å²) in [6.07, 6.45) is 0.806. The number of ether oxygens (including phenoxy) is 2. The Morgan fingerprint density at radius 2 is 1.56 bits per heavy atom. The van der Waals surface area contributed by atoms with Gasteiger partial charge in [-0.15, -0.1) is 0 Å². The smallest absolute Gasteiger partial charge is 0.355 e. The van der Waals surface area contributed by atoms with E-state index in [4.69, 9.17) is 15.2 Å². The van der Waals surface area contributed by atoms with Crippen LogP contribution in [0, 0.1) is 11.3 Å². The molecule has 0 saturated carbocycles. The van der Waals surface area contributed by atoms with Crippen molar-refractivity contribution in [3.63, 3.8) is 0 Å². The zero-order valence-electron chi connectivity index (χ0n) is 20.2. The first-order chi connectivity index (χ1) is 17.4. The number of esters is 2. The van der Waals surface area contributed by atoms with Crippen molar-refractivity contribution >= 4 is 23.3 Å². The summed E-state index contributed by atoms with van der Waals surface area (Å²) in [5, 5.41) is 20.2. The van der Waals surface area contributed by atoms with Crippen molar-refractivity contribution < 1.29 is 24.2 Å². The Kier molecular flexibility index (Phi) is 7.27. The maximum Gasteiger partial charge on any atom is 0.355 e. The van der Waals surface area contributed by atoms with Gasteiger partial charge in [0.25, 0.3) is 0 Å². The summed E-state index contributed by atoms with van der Waals surface area (Å²) in [6.45, 7) is 1.18. The number of nitrogens with zero attached hydrogens (tertiary/aromatic N) is 3.